The second-order valence-electron chi connectivity index (χ2n) is 6.42. The molecule has 0 aliphatic carbocycles. The van der Waals surface area contributed by atoms with Crippen molar-refractivity contribution in [2.75, 3.05) is 13.2 Å². The Bertz CT molecular complexity index is 276. The average Bonchev–Trinajstić information content (AvgIpc) is 2.20. The van der Waals surface area contributed by atoms with Gasteiger partial charge < -0.3 is 9.53 Å². The number of aliphatic hydroxyl groups excluding tert-OH is 1. The molecule has 2 atom stereocenters. The van der Waals surface area contributed by atoms with E-state index in [9.17, 15) is 15.2 Å². The minimum Gasteiger partial charge on any atom is -0.411 e. The van der Waals surface area contributed by atoms with Crippen molar-refractivity contribution in [3.63, 3.8) is 0 Å². The van der Waals surface area contributed by atoms with Crippen molar-refractivity contribution in [2.45, 2.75) is 58.4 Å². The van der Waals surface area contributed by atoms with Crippen molar-refractivity contribution >= 4 is 8.32 Å². The molecular formula is C12H27NO4Si. The van der Waals surface area contributed by atoms with Crippen molar-refractivity contribution in [2.24, 2.45) is 5.92 Å². The molecule has 0 saturated heterocycles. The molecule has 18 heavy (non-hydrogen) atoms. The summed E-state index contributed by atoms with van der Waals surface area (Å²) in [6, 6.07) is 0. The third kappa shape index (κ3) is 5.45. The largest absolute Gasteiger partial charge is 0.411 e. The number of aliphatic hydroxyl groups is 1. The molecule has 0 aliphatic heterocycles. The fourth-order valence-corrected chi connectivity index (χ4v) is 2.80. The van der Waals surface area contributed by atoms with Crippen LogP contribution in [0.3, 0.4) is 0 Å². The lowest BCUT2D eigenvalue weighted by Gasteiger charge is -2.40. The Hall–Kier alpha value is -0.463. The summed E-state index contributed by atoms with van der Waals surface area (Å²) < 4.78 is 6.11. The van der Waals surface area contributed by atoms with Crippen LogP contribution in [-0.4, -0.2) is 37.6 Å². The molecule has 108 valence electrons. The summed E-state index contributed by atoms with van der Waals surface area (Å²) >= 11 is 0. The minimum absolute atomic E-state index is 0.00507. The van der Waals surface area contributed by atoms with E-state index in [0.717, 1.165) is 0 Å². The molecule has 0 aromatic heterocycles. The van der Waals surface area contributed by atoms with Gasteiger partial charge in [0.2, 0.25) is 6.54 Å². The van der Waals surface area contributed by atoms with Crippen LogP contribution in [0.15, 0.2) is 0 Å². The lowest BCUT2D eigenvalue weighted by Crippen LogP contribution is -2.46. The zero-order valence-corrected chi connectivity index (χ0v) is 13.4. The molecule has 0 aromatic rings. The van der Waals surface area contributed by atoms with Gasteiger partial charge in [-0.15, -0.1) is 0 Å². The van der Waals surface area contributed by atoms with Crippen molar-refractivity contribution in [3.05, 3.63) is 10.1 Å². The van der Waals surface area contributed by atoms with Crippen molar-refractivity contribution in [1.82, 2.24) is 0 Å². The van der Waals surface area contributed by atoms with E-state index < -0.39 is 8.32 Å². The van der Waals surface area contributed by atoms with Crippen LogP contribution < -0.4 is 0 Å². The number of nitrogens with zero attached hydrogens (tertiary/aromatic N) is 1. The van der Waals surface area contributed by atoms with Gasteiger partial charge in [-0.2, -0.15) is 0 Å². The molecule has 0 spiro atoms. The predicted octanol–water partition coefficient (Wildman–Crippen LogP) is 2.67. The molecular weight excluding hydrogens is 250 g/mol. The number of nitro groups is 1. The molecule has 0 amide bonds. The summed E-state index contributed by atoms with van der Waals surface area (Å²) in [4.78, 5) is 10.0. The van der Waals surface area contributed by atoms with Gasteiger partial charge in [-0.1, -0.05) is 27.7 Å². The van der Waals surface area contributed by atoms with Gasteiger partial charge in [0.15, 0.2) is 8.32 Å². The Labute approximate surface area is 111 Å². The Balaban J connectivity index is 4.55. The molecule has 0 aliphatic rings. The highest BCUT2D eigenvalue weighted by Crippen LogP contribution is 2.38. The fraction of sp³-hybridized carbons (Fsp3) is 1.00. The second kappa shape index (κ2) is 6.63. The molecule has 1 N–H and O–H groups in total. The molecule has 0 fully saturated rings. The Morgan fingerprint density at radius 1 is 1.39 bits per heavy atom. The first kappa shape index (κ1) is 17.5. The van der Waals surface area contributed by atoms with E-state index in [0.29, 0.717) is 6.42 Å². The van der Waals surface area contributed by atoms with E-state index in [1.54, 1.807) is 0 Å². The third-order valence-electron chi connectivity index (χ3n) is 3.83. The monoisotopic (exact) mass is 277 g/mol. The lowest BCUT2D eigenvalue weighted by molar-refractivity contribution is -0.481. The smallest absolute Gasteiger partial charge is 0.204 e. The highest BCUT2D eigenvalue weighted by Gasteiger charge is 2.40. The molecule has 0 unspecified atom stereocenters. The first-order valence-electron chi connectivity index (χ1n) is 6.41. The van der Waals surface area contributed by atoms with Gasteiger partial charge in [0.05, 0.1) is 12.7 Å². The van der Waals surface area contributed by atoms with Crippen LogP contribution in [0.25, 0.3) is 0 Å². The van der Waals surface area contributed by atoms with E-state index in [1.165, 1.54) is 0 Å². The highest BCUT2D eigenvalue weighted by molar-refractivity contribution is 6.74. The van der Waals surface area contributed by atoms with E-state index in [4.69, 9.17) is 4.43 Å². The maximum absolute atomic E-state index is 10.4. The van der Waals surface area contributed by atoms with Crippen LogP contribution in [0, 0.1) is 16.0 Å². The van der Waals surface area contributed by atoms with Gasteiger partial charge in [-0.05, 0) is 24.1 Å². The minimum atomic E-state index is -1.94. The van der Waals surface area contributed by atoms with Gasteiger partial charge in [0.25, 0.3) is 0 Å². The molecule has 0 aromatic carbocycles. The third-order valence-corrected chi connectivity index (χ3v) is 8.34. The average molecular weight is 277 g/mol. The molecule has 0 rings (SSSR count). The Morgan fingerprint density at radius 2 is 1.89 bits per heavy atom. The molecule has 0 saturated carbocycles. The number of hydrogen-bond donors (Lipinski definition) is 1. The van der Waals surface area contributed by atoms with Crippen LogP contribution in [-0.2, 0) is 4.43 Å². The summed E-state index contributed by atoms with van der Waals surface area (Å²) in [5.74, 6) is -0.00507. The second-order valence-corrected chi connectivity index (χ2v) is 11.2. The topological polar surface area (TPSA) is 72.6 Å². The zero-order valence-electron chi connectivity index (χ0n) is 12.4. The van der Waals surface area contributed by atoms with Gasteiger partial charge in [0.1, 0.15) is 0 Å². The number of rotatable bonds is 7. The van der Waals surface area contributed by atoms with E-state index in [1.807, 2.05) is 6.92 Å². The van der Waals surface area contributed by atoms with Crippen molar-refractivity contribution in [3.8, 4) is 0 Å². The van der Waals surface area contributed by atoms with Crippen LogP contribution in [0.2, 0.25) is 18.1 Å². The summed E-state index contributed by atoms with van der Waals surface area (Å²) in [5.41, 5.74) is 0. The van der Waals surface area contributed by atoms with Crippen molar-refractivity contribution in [1.29, 1.82) is 0 Å². The van der Waals surface area contributed by atoms with Crippen molar-refractivity contribution < 1.29 is 14.5 Å². The molecule has 0 bridgehead atoms. The number of hydrogen-bond acceptors (Lipinski definition) is 4. The fourth-order valence-electron chi connectivity index (χ4n) is 1.38. The summed E-state index contributed by atoms with van der Waals surface area (Å²) in [5, 5.41) is 19.9. The van der Waals surface area contributed by atoms with E-state index in [2.05, 4.69) is 33.9 Å². The summed E-state index contributed by atoms with van der Waals surface area (Å²) in [6.45, 7) is 12.4. The first-order valence-corrected chi connectivity index (χ1v) is 9.32. The van der Waals surface area contributed by atoms with Crippen LogP contribution in [0.4, 0.5) is 0 Å². The Morgan fingerprint density at radius 3 is 2.22 bits per heavy atom. The van der Waals surface area contributed by atoms with Gasteiger partial charge in [0, 0.05) is 11.3 Å². The normalized spacial score (nSPS) is 16.4. The van der Waals surface area contributed by atoms with Crippen LogP contribution in [0.5, 0.6) is 0 Å². The van der Waals surface area contributed by atoms with Crippen LogP contribution >= 0.6 is 0 Å². The standard InChI is InChI=1S/C12H27NO4Si/c1-10(7-8-13(15)16)11(9-14)17-18(5,6)12(2,3)4/h10-11,14H,7-9H2,1-6H3/t10-,11-/m1/s1. The highest BCUT2D eigenvalue weighted by atomic mass is 28.4. The molecule has 5 nitrogen and oxygen atoms in total. The first-order chi connectivity index (χ1) is 8.01. The lowest BCUT2D eigenvalue weighted by atomic mass is 10.0. The summed E-state index contributed by atoms with van der Waals surface area (Å²) in [7, 11) is -1.94. The van der Waals surface area contributed by atoms with E-state index in [-0.39, 0.29) is 35.1 Å². The SMILES string of the molecule is C[C@H](CC[N+](=O)[O-])[C@@H](CO)O[Si](C)(C)C(C)(C)C. The van der Waals surface area contributed by atoms with Gasteiger partial charge in [-0.25, -0.2) is 0 Å². The van der Waals surface area contributed by atoms with Gasteiger partial charge in [-0.3, -0.25) is 10.1 Å². The van der Waals surface area contributed by atoms with Gasteiger partial charge >= 0.3 is 0 Å². The maximum atomic E-state index is 10.4. The molecule has 6 heteroatoms. The molecule has 0 heterocycles. The molecule has 0 radical (unpaired) electrons. The van der Waals surface area contributed by atoms with Crippen LogP contribution in [0.1, 0.15) is 34.1 Å². The maximum Gasteiger partial charge on any atom is 0.204 e. The Kier molecular flexibility index (Phi) is 6.46. The predicted molar refractivity (Wildman–Crippen MR) is 74.8 cm³/mol. The van der Waals surface area contributed by atoms with E-state index >= 15 is 0 Å². The quantitative estimate of drug-likeness (QED) is 0.441. The zero-order chi connectivity index (χ0) is 14.6. The summed E-state index contributed by atoms with van der Waals surface area (Å²) in [6.07, 6.45) is 0.137.